The van der Waals surface area contributed by atoms with Crippen LogP contribution in [-0.2, 0) is 4.79 Å². The first kappa shape index (κ1) is 9.91. The molecule has 0 radical (unpaired) electrons. The summed E-state index contributed by atoms with van der Waals surface area (Å²) in [5.41, 5.74) is 0.255. The van der Waals surface area contributed by atoms with Crippen molar-refractivity contribution in [1.82, 2.24) is 9.97 Å². The number of nitrogens with one attached hydrogen (secondary N) is 1. The third-order valence-electron chi connectivity index (χ3n) is 1.42. The zero-order valence-electron chi connectivity index (χ0n) is 6.53. The molecule has 2 N–H and O–H groups in total. The largest absolute Gasteiger partial charge is 0.480 e. The molecule has 70 valence electrons. The predicted octanol–water partition coefficient (Wildman–Crippen LogP) is 0.831. The number of aromatic amines is 1. The number of halogens is 1. The summed E-state index contributed by atoms with van der Waals surface area (Å²) in [7, 11) is 0. The number of aliphatic carboxylic acids is 1. The van der Waals surface area contributed by atoms with Crippen LogP contribution in [0.15, 0.2) is 12.5 Å². The van der Waals surface area contributed by atoms with Crippen LogP contribution in [0.3, 0.4) is 0 Å². The fraction of sp³-hybridized carbons (Fsp3) is 0.286. The maximum Gasteiger partial charge on any atom is 0.317 e. The molecule has 1 atom stereocenters. The Balaban J connectivity index is 2.56. The normalized spacial score (nSPS) is 12.4. The quantitative estimate of drug-likeness (QED) is 0.609. The van der Waals surface area contributed by atoms with Crippen molar-refractivity contribution in [2.75, 3.05) is 0 Å². The summed E-state index contributed by atoms with van der Waals surface area (Å²) in [6, 6.07) is 0. The van der Waals surface area contributed by atoms with Crippen molar-refractivity contribution in [3.63, 3.8) is 0 Å². The predicted molar refractivity (Wildman–Crippen MR) is 47.9 cm³/mol. The van der Waals surface area contributed by atoms with E-state index in [1.807, 2.05) is 0 Å². The standard InChI is InChI=1S/C7H7BrN2O3/c8-4(7(12)13)1-6(11)5-2-9-3-10-5/h2-4H,1H2,(H,9,10)(H,12,13). The molecule has 5 nitrogen and oxygen atoms in total. The molecule has 0 bridgehead atoms. The Morgan fingerprint density at radius 3 is 2.85 bits per heavy atom. The Labute approximate surface area is 82.3 Å². The number of aromatic nitrogens is 2. The molecule has 1 aromatic heterocycles. The minimum absolute atomic E-state index is 0.0970. The van der Waals surface area contributed by atoms with Gasteiger partial charge in [-0.1, -0.05) is 15.9 Å². The lowest BCUT2D eigenvalue weighted by Gasteiger charge is -2.00. The highest BCUT2D eigenvalue weighted by atomic mass is 79.9. The molecular formula is C7H7BrN2O3. The van der Waals surface area contributed by atoms with Crippen molar-refractivity contribution >= 4 is 27.7 Å². The van der Waals surface area contributed by atoms with Gasteiger partial charge in [0.05, 0.1) is 6.33 Å². The monoisotopic (exact) mass is 246 g/mol. The van der Waals surface area contributed by atoms with Crippen molar-refractivity contribution in [3.05, 3.63) is 18.2 Å². The number of imidazole rings is 1. The number of nitrogens with zero attached hydrogens (tertiary/aromatic N) is 1. The number of carboxylic acid groups (broad SMARTS) is 1. The average molecular weight is 247 g/mol. The molecule has 1 rings (SSSR count). The second-order valence-corrected chi connectivity index (χ2v) is 3.49. The van der Waals surface area contributed by atoms with Crippen LogP contribution in [0.4, 0.5) is 0 Å². The smallest absolute Gasteiger partial charge is 0.317 e. The molecule has 1 aromatic rings. The number of Topliss-reactive ketones (excluding diaryl/α,β-unsaturated/α-hetero) is 1. The number of carboxylic acids is 1. The maximum absolute atomic E-state index is 11.2. The van der Waals surface area contributed by atoms with Crippen LogP contribution in [0.1, 0.15) is 16.9 Å². The summed E-state index contributed by atoms with van der Waals surface area (Å²) in [6.07, 6.45) is 2.71. The van der Waals surface area contributed by atoms with Crippen LogP contribution in [0, 0.1) is 0 Å². The van der Waals surface area contributed by atoms with E-state index in [2.05, 4.69) is 25.9 Å². The molecule has 0 saturated carbocycles. The van der Waals surface area contributed by atoms with Crippen molar-refractivity contribution in [2.45, 2.75) is 11.2 Å². The Morgan fingerprint density at radius 1 is 1.69 bits per heavy atom. The Bertz CT molecular complexity index is 310. The first-order chi connectivity index (χ1) is 6.11. The highest BCUT2D eigenvalue weighted by Gasteiger charge is 2.19. The SMILES string of the molecule is O=C(CC(Br)C(=O)O)c1c[nH]cn1. The number of hydrogen-bond donors (Lipinski definition) is 2. The van der Waals surface area contributed by atoms with E-state index in [0.29, 0.717) is 0 Å². The van der Waals surface area contributed by atoms with E-state index in [4.69, 9.17) is 5.11 Å². The van der Waals surface area contributed by atoms with Gasteiger partial charge in [0.1, 0.15) is 10.5 Å². The van der Waals surface area contributed by atoms with Gasteiger partial charge < -0.3 is 10.1 Å². The fourth-order valence-corrected chi connectivity index (χ4v) is 1.06. The van der Waals surface area contributed by atoms with Crippen LogP contribution in [0.5, 0.6) is 0 Å². The van der Waals surface area contributed by atoms with Crippen molar-refractivity contribution in [1.29, 1.82) is 0 Å². The van der Waals surface area contributed by atoms with Gasteiger partial charge in [-0.3, -0.25) is 9.59 Å². The highest BCUT2D eigenvalue weighted by molar-refractivity contribution is 9.10. The molecule has 0 saturated heterocycles. The lowest BCUT2D eigenvalue weighted by molar-refractivity contribution is -0.136. The van der Waals surface area contributed by atoms with Gasteiger partial charge in [0, 0.05) is 12.6 Å². The minimum Gasteiger partial charge on any atom is -0.480 e. The van der Waals surface area contributed by atoms with Gasteiger partial charge in [0.2, 0.25) is 0 Å². The molecule has 0 aliphatic heterocycles. The van der Waals surface area contributed by atoms with E-state index in [1.54, 1.807) is 0 Å². The summed E-state index contributed by atoms with van der Waals surface area (Å²) in [5, 5.41) is 8.50. The third-order valence-corrected chi connectivity index (χ3v) is 2.13. The van der Waals surface area contributed by atoms with E-state index in [0.717, 1.165) is 0 Å². The van der Waals surface area contributed by atoms with Crippen LogP contribution in [-0.4, -0.2) is 31.7 Å². The zero-order chi connectivity index (χ0) is 9.84. The highest BCUT2D eigenvalue weighted by Crippen LogP contribution is 2.09. The van der Waals surface area contributed by atoms with Crippen molar-refractivity contribution < 1.29 is 14.7 Å². The summed E-state index contributed by atoms with van der Waals surface area (Å²) < 4.78 is 0. The third kappa shape index (κ3) is 2.66. The summed E-state index contributed by atoms with van der Waals surface area (Å²) in [6.45, 7) is 0. The first-order valence-electron chi connectivity index (χ1n) is 3.50. The summed E-state index contributed by atoms with van der Waals surface area (Å²) >= 11 is 2.87. The molecule has 0 amide bonds. The van der Waals surface area contributed by atoms with E-state index < -0.39 is 10.8 Å². The van der Waals surface area contributed by atoms with Crippen LogP contribution < -0.4 is 0 Å². The summed E-state index contributed by atoms with van der Waals surface area (Å²) in [5.74, 6) is -1.35. The van der Waals surface area contributed by atoms with E-state index in [9.17, 15) is 9.59 Å². The number of carbonyl (C=O) groups excluding carboxylic acids is 1. The van der Waals surface area contributed by atoms with Crippen LogP contribution in [0.2, 0.25) is 0 Å². The molecule has 0 fully saturated rings. The van der Waals surface area contributed by atoms with Crippen molar-refractivity contribution in [3.8, 4) is 0 Å². The van der Waals surface area contributed by atoms with Crippen molar-refractivity contribution in [2.24, 2.45) is 0 Å². The van der Waals surface area contributed by atoms with E-state index >= 15 is 0 Å². The van der Waals surface area contributed by atoms with Crippen LogP contribution >= 0.6 is 15.9 Å². The zero-order valence-corrected chi connectivity index (χ0v) is 8.11. The van der Waals surface area contributed by atoms with E-state index in [-0.39, 0.29) is 17.9 Å². The molecule has 1 heterocycles. The molecule has 1 unspecified atom stereocenters. The Kier molecular flexibility index (Phi) is 3.18. The minimum atomic E-state index is -1.05. The number of H-pyrrole nitrogens is 1. The van der Waals surface area contributed by atoms with Gasteiger partial charge in [-0.15, -0.1) is 0 Å². The molecule has 0 spiro atoms. The Morgan fingerprint density at radius 2 is 2.38 bits per heavy atom. The van der Waals surface area contributed by atoms with Gasteiger partial charge >= 0.3 is 5.97 Å². The lowest BCUT2D eigenvalue weighted by atomic mass is 10.2. The number of rotatable bonds is 4. The Hall–Kier alpha value is -1.17. The average Bonchev–Trinajstić information content (AvgIpc) is 2.55. The summed E-state index contributed by atoms with van der Waals surface area (Å²) in [4.78, 5) is 27.1. The van der Waals surface area contributed by atoms with Gasteiger partial charge in [-0.05, 0) is 0 Å². The second-order valence-electron chi connectivity index (χ2n) is 2.39. The van der Waals surface area contributed by atoms with E-state index in [1.165, 1.54) is 12.5 Å². The second kappa shape index (κ2) is 4.18. The van der Waals surface area contributed by atoms with Gasteiger partial charge in [-0.25, -0.2) is 4.98 Å². The molecular weight excluding hydrogens is 240 g/mol. The first-order valence-corrected chi connectivity index (χ1v) is 4.41. The number of hydrogen-bond acceptors (Lipinski definition) is 3. The molecule has 0 aliphatic carbocycles. The molecule has 0 aliphatic rings. The molecule has 6 heteroatoms. The van der Waals surface area contributed by atoms with Gasteiger partial charge in [0.25, 0.3) is 0 Å². The van der Waals surface area contributed by atoms with Gasteiger partial charge in [-0.2, -0.15) is 0 Å². The topological polar surface area (TPSA) is 83.0 Å². The molecule has 13 heavy (non-hydrogen) atoms. The van der Waals surface area contributed by atoms with Gasteiger partial charge in [0.15, 0.2) is 5.78 Å². The van der Waals surface area contributed by atoms with Crippen LogP contribution in [0.25, 0.3) is 0 Å². The maximum atomic E-state index is 11.2. The fourth-order valence-electron chi connectivity index (χ4n) is 0.767. The molecule has 0 aromatic carbocycles. The number of ketones is 1. The number of alkyl halides is 1. The number of carbonyl (C=O) groups is 2. The lowest BCUT2D eigenvalue weighted by Crippen LogP contribution is -2.17.